The Balaban J connectivity index is 2.15. The third-order valence-corrected chi connectivity index (χ3v) is 4.89. The first-order valence-corrected chi connectivity index (χ1v) is 8.76. The van der Waals surface area contributed by atoms with Crippen LogP contribution in [-0.2, 0) is 0 Å². The van der Waals surface area contributed by atoms with E-state index in [1.807, 2.05) is 16.8 Å². The first-order valence-electron chi connectivity index (χ1n) is 6.60. The van der Waals surface area contributed by atoms with E-state index >= 15 is 0 Å². The van der Waals surface area contributed by atoms with E-state index in [1.165, 1.54) is 4.90 Å². The van der Waals surface area contributed by atoms with Crippen LogP contribution in [0.15, 0.2) is 39.8 Å². The van der Waals surface area contributed by atoms with Crippen molar-refractivity contribution in [2.75, 3.05) is 5.75 Å². The van der Waals surface area contributed by atoms with Crippen LogP contribution in [0.3, 0.4) is 0 Å². The summed E-state index contributed by atoms with van der Waals surface area (Å²) in [6.07, 6.45) is 1.67. The van der Waals surface area contributed by atoms with Gasteiger partial charge in [-0.25, -0.2) is 0 Å². The summed E-state index contributed by atoms with van der Waals surface area (Å²) in [5, 5.41) is 4.97. The van der Waals surface area contributed by atoms with Gasteiger partial charge in [-0.1, -0.05) is 33.6 Å². The van der Waals surface area contributed by atoms with Crippen LogP contribution in [0.1, 0.15) is 31.6 Å². The van der Waals surface area contributed by atoms with E-state index < -0.39 is 0 Å². The lowest BCUT2D eigenvalue weighted by molar-refractivity contribution is 0.468. The summed E-state index contributed by atoms with van der Waals surface area (Å²) in [6.45, 7) is 4.14. The van der Waals surface area contributed by atoms with E-state index in [2.05, 4.69) is 52.4 Å². The zero-order valence-corrected chi connectivity index (χ0v) is 15.0. The SMILES string of the molecule is CC(C)n1ncc(Cl)c1C(CSc1cccc(Br)c1)NN. The summed E-state index contributed by atoms with van der Waals surface area (Å²) in [5.74, 6) is 6.49. The minimum Gasteiger partial charge on any atom is -0.271 e. The Morgan fingerprint density at radius 1 is 1.48 bits per heavy atom. The number of nitrogens with one attached hydrogen (secondary N) is 1. The zero-order valence-electron chi connectivity index (χ0n) is 11.9. The monoisotopic (exact) mass is 388 g/mol. The van der Waals surface area contributed by atoms with E-state index in [0.29, 0.717) is 5.02 Å². The molecule has 7 heteroatoms. The fraction of sp³-hybridized carbons (Fsp3) is 0.357. The predicted octanol–water partition coefficient (Wildman–Crippen LogP) is 4.18. The molecule has 3 N–H and O–H groups in total. The Kier molecular flexibility index (Phi) is 6.13. The lowest BCUT2D eigenvalue weighted by Gasteiger charge is -2.20. The van der Waals surface area contributed by atoms with E-state index in [9.17, 15) is 0 Å². The molecule has 2 rings (SSSR count). The highest BCUT2D eigenvalue weighted by Crippen LogP contribution is 2.30. The van der Waals surface area contributed by atoms with Gasteiger partial charge in [0, 0.05) is 21.2 Å². The van der Waals surface area contributed by atoms with Crippen LogP contribution in [0, 0.1) is 0 Å². The number of aromatic nitrogens is 2. The van der Waals surface area contributed by atoms with E-state index in [-0.39, 0.29) is 12.1 Å². The normalized spacial score (nSPS) is 12.9. The lowest BCUT2D eigenvalue weighted by atomic mass is 10.2. The number of benzene rings is 1. The maximum Gasteiger partial charge on any atom is 0.0835 e. The summed E-state index contributed by atoms with van der Waals surface area (Å²) in [5.41, 5.74) is 3.78. The van der Waals surface area contributed by atoms with Crippen molar-refractivity contribution >= 4 is 39.3 Å². The average molecular weight is 390 g/mol. The van der Waals surface area contributed by atoms with Crippen molar-refractivity contribution in [2.24, 2.45) is 5.84 Å². The largest absolute Gasteiger partial charge is 0.271 e. The van der Waals surface area contributed by atoms with Crippen LogP contribution in [0.5, 0.6) is 0 Å². The minimum atomic E-state index is -0.0635. The second kappa shape index (κ2) is 7.65. The Bertz CT molecular complexity index is 602. The van der Waals surface area contributed by atoms with Crippen LogP contribution in [0.2, 0.25) is 5.02 Å². The molecule has 0 bridgehead atoms. The van der Waals surface area contributed by atoms with Gasteiger partial charge in [0.15, 0.2) is 0 Å². The molecule has 114 valence electrons. The molecule has 0 fully saturated rings. The van der Waals surface area contributed by atoms with Crippen molar-refractivity contribution in [3.05, 3.63) is 45.7 Å². The van der Waals surface area contributed by atoms with Gasteiger partial charge in [0.1, 0.15) is 0 Å². The summed E-state index contributed by atoms with van der Waals surface area (Å²) in [6, 6.07) is 8.35. The van der Waals surface area contributed by atoms with Gasteiger partial charge in [0.05, 0.1) is 23.0 Å². The smallest absolute Gasteiger partial charge is 0.0835 e. The average Bonchev–Trinajstić information content (AvgIpc) is 2.82. The third-order valence-electron chi connectivity index (χ3n) is 3.02. The summed E-state index contributed by atoms with van der Waals surface area (Å²) < 4.78 is 2.98. The van der Waals surface area contributed by atoms with Crippen molar-refractivity contribution in [3.8, 4) is 0 Å². The molecule has 0 aliphatic rings. The molecule has 1 atom stereocenters. The molecule has 1 aromatic heterocycles. The molecular weight excluding hydrogens is 372 g/mol. The van der Waals surface area contributed by atoms with Gasteiger partial charge in [0.25, 0.3) is 0 Å². The number of hydrogen-bond acceptors (Lipinski definition) is 4. The molecule has 0 aliphatic heterocycles. The fourth-order valence-corrected chi connectivity index (χ4v) is 3.84. The van der Waals surface area contributed by atoms with E-state index in [0.717, 1.165) is 15.9 Å². The van der Waals surface area contributed by atoms with E-state index in [1.54, 1.807) is 18.0 Å². The van der Waals surface area contributed by atoms with Crippen LogP contribution < -0.4 is 11.3 Å². The summed E-state index contributed by atoms with van der Waals surface area (Å²) in [7, 11) is 0. The van der Waals surface area contributed by atoms with Crippen molar-refractivity contribution in [1.82, 2.24) is 15.2 Å². The summed E-state index contributed by atoms with van der Waals surface area (Å²) in [4.78, 5) is 1.18. The zero-order chi connectivity index (χ0) is 15.4. The number of hydrogen-bond donors (Lipinski definition) is 2. The predicted molar refractivity (Wildman–Crippen MR) is 92.6 cm³/mol. The summed E-state index contributed by atoms with van der Waals surface area (Å²) >= 11 is 11.5. The van der Waals surface area contributed by atoms with Crippen molar-refractivity contribution in [3.63, 3.8) is 0 Å². The highest BCUT2D eigenvalue weighted by atomic mass is 79.9. The van der Waals surface area contributed by atoms with Gasteiger partial charge in [-0.15, -0.1) is 11.8 Å². The molecule has 4 nitrogen and oxygen atoms in total. The minimum absolute atomic E-state index is 0.0635. The topological polar surface area (TPSA) is 55.9 Å². The Morgan fingerprint density at radius 3 is 2.86 bits per heavy atom. The molecule has 0 saturated heterocycles. The Hall–Kier alpha value is -0.530. The second-order valence-electron chi connectivity index (χ2n) is 4.90. The maximum atomic E-state index is 6.27. The molecule has 1 unspecified atom stereocenters. The van der Waals surface area contributed by atoms with Crippen LogP contribution in [-0.4, -0.2) is 15.5 Å². The number of halogens is 2. The van der Waals surface area contributed by atoms with Crippen molar-refractivity contribution < 1.29 is 0 Å². The highest BCUT2D eigenvalue weighted by molar-refractivity contribution is 9.10. The molecule has 21 heavy (non-hydrogen) atoms. The van der Waals surface area contributed by atoms with Gasteiger partial charge in [-0.3, -0.25) is 16.0 Å². The van der Waals surface area contributed by atoms with Gasteiger partial charge in [0.2, 0.25) is 0 Å². The molecule has 0 radical (unpaired) electrons. The third kappa shape index (κ3) is 4.23. The van der Waals surface area contributed by atoms with Crippen molar-refractivity contribution in [2.45, 2.75) is 30.8 Å². The first-order chi connectivity index (χ1) is 10.0. The standard InChI is InChI=1S/C14H18BrClN4S/c1-9(2)20-14(12(16)7-18-20)13(19-17)8-21-11-5-3-4-10(15)6-11/h3-7,9,13,19H,8,17H2,1-2H3. The quantitative estimate of drug-likeness (QED) is 0.442. The molecule has 0 aliphatic carbocycles. The van der Waals surface area contributed by atoms with Crippen molar-refractivity contribution in [1.29, 1.82) is 0 Å². The first kappa shape index (κ1) is 16.8. The highest BCUT2D eigenvalue weighted by Gasteiger charge is 2.21. The van der Waals surface area contributed by atoms with E-state index in [4.69, 9.17) is 17.4 Å². The molecule has 0 spiro atoms. The molecule has 0 saturated carbocycles. The number of thioether (sulfide) groups is 1. The van der Waals surface area contributed by atoms with Gasteiger partial charge in [-0.05, 0) is 32.0 Å². The molecule has 1 aromatic carbocycles. The maximum absolute atomic E-state index is 6.27. The molecular formula is C14H18BrClN4S. The van der Waals surface area contributed by atoms with Gasteiger partial charge in [-0.2, -0.15) is 5.10 Å². The van der Waals surface area contributed by atoms with Gasteiger partial charge < -0.3 is 0 Å². The number of rotatable bonds is 6. The second-order valence-corrected chi connectivity index (χ2v) is 7.32. The van der Waals surface area contributed by atoms with Gasteiger partial charge >= 0.3 is 0 Å². The molecule has 1 heterocycles. The Morgan fingerprint density at radius 2 is 2.24 bits per heavy atom. The molecule has 0 amide bonds. The van der Waals surface area contributed by atoms with Crippen LogP contribution in [0.4, 0.5) is 0 Å². The number of nitrogens with two attached hydrogens (primary N) is 1. The lowest BCUT2D eigenvalue weighted by Crippen LogP contribution is -2.32. The number of nitrogens with zero attached hydrogens (tertiary/aromatic N) is 2. The van der Waals surface area contributed by atoms with Crippen LogP contribution in [0.25, 0.3) is 0 Å². The number of hydrazine groups is 1. The molecule has 2 aromatic rings. The fourth-order valence-electron chi connectivity index (χ4n) is 2.03. The van der Waals surface area contributed by atoms with Crippen LogP contribution >= 0.6 is 39.3 Å². The Labute approximate surface area is 142 Å².